The molecule has 0 fully saturated rings. The van der Waals surface area contributed by atoms with Gasteiger partial charge in [-0.2, -0.15) is 5.11 Å². The van der Waals surface area contributed by atoms with E-state index in [1.807, 2.05) is 6.07 Å². The highest BCUT2D eigenvalue weighted by molar-refractivity contribution is 7.22. The van der Waals surface area contributed by atoms with Crippen molar-refractivity contribution < 1.29 is 4.92 Å². The van der Waals surface area contributed by atoms with Crippen molar-refractivity contribution in [2.24, 2.45) is 10.2 Å². The predicted octanol–water partition coefficient (Wildman–Crippen LogP) is 4.86. The Morgan fingerprint density at radius 1 is 1.23 bits per heavy atom. The van der Waals surface area contributed by atoms with E-state index in [0.29, 0.717) is 16.5 Å². The number of anilines is 1. The molecule has 0 spiro atoms. The van der Waals surface area contributed by atoms with E-state index in [4.69, 9.17) is 17.3 Å². The molecule has 0 atom stereocenters. The first kappa shape index (κ1) is 14.4. The van der Waals surface area contributed by atoms with E-state index in [0.717, 1.165) is 10.2 Å². The molecule has 7 nitrogen and oxygen atoms in total. The molecule has 0 aliphatic rings. The van der Waals surface area contributed by atoms with Crippen LogP contribution in [0.1, 0.15) is 0 Å². The van der Waals surface area contributed by atoms with Crippen LogP contribution in [0.3, 0.4) is 0 Å². The molecule has 0 unspecified atom stereocenters. The predicted molar refractivity (Wildman–Crippen MR) is 86.3 cm³/mol. The molecule has 1 aromatic heterocycles. The summed E-state index contributed by atoms with van der Waals surface area (Å²) >= 11 is 7.32. The average Bonchev–Trinajstić information content (AvgIpc) is 2.85. The van der Waals surface area contributed by atoms with Crippen molar-refractivity contribution in [2.45, 2.75) is 0 Å². The molecule has 0 aliphatic heterocycles. The van der Waals surface area contributed by atoms with Crippen LogP contribution in [0.15, 0.2) is 46.6 Å². The van der Waals surface area contributed by atoms with Crippen LogP contribution in [0.5, 0.6) is 0 Å². The van der Waals surface area contributed by atoms with Gasteiger partial charge in [0.15, 0.2) is 5.13 Å². The Hall–Kier alpha value is -2.58. The summed E-state index contributed by atoms with van der Waals surface area (Å²) in [6.45, 7) is 0. The Balaban J connectivity index is 1.90. The Morgan fingerprint density at radius 3 is 2.77 bits per heavy atom. The van der Waals surface area contributed by atoms with Gasteiger partial charge in [-0.25, -0.2) is 4.98 Å². The van der Waals surface area contributed by atoms with Crippen molar-refractivity contribution in [3.05, 3.63) is 51.5 Å². The number of non-ortho nitro benzene ring substituents is 1. The summed E-state index contributed by atoms with van der Waals surface area (Å²) in [6.07, 6.45) is 0. The fourth-order valence-electron chi connectivity index (χ4n) is 1.80. The third-order valence-electron chi connectivity index (χ3n) is 2.80. The van der Waals surface area contributed by atoms with Crippen molar-refractivity contribution in [3.8, 4) is 0 Å². The molecule has 3 aromatic rings. The lowest BCUT2D eigenvalue weighted by molar-refractivity contribution is -0.384. The zero-order valence-corrected chi connectivity index (χ0v) is 12.5. The van der Waals surface area contributed by atoms with E-state index < -0.39 is 4.92 Å². The summed E-state index contributed by atoms with van der Waals surface area (Å²) in [5, 5.41) is 19.4. The zero-order chi connectivity index (χ0) is 15.7. The number of hydrogen-bond acceptors (Lipinski definition) is 7. The third kappa shape index (κ3) is 2.87. The first-order chi connectivity index (χ1) is 10.5. The number of nitrogen functional groups attached to an aromatic ring is 1. The number of thiazole rings is 1. The van der Waals surface area contributed by atoms with Crippen LogP contribution >= 0.6 is 22.9 Å². The van der Waals surface area contributed by atoms with E-state index in [-0.39, 0.29) is 10.7 Å². The number of halogens is 1. The SMILES string of the molecule is Nc1nc2ccc(N=Nc3ccc([N+](=O)[O-])cc3Cl)cc2s1. The number of rotatable bonds is 3. The van der Waals surface area contributed by atoms with Crippen molar-refractivity contribution in [1.82, 2.24) is 4.98 Å². The molecule has 22 heavy (non-hydrogen) atoms. The van der Waals surface area contributed by atoms with Gasteiger partial charge in [0.1, 0.15) is 5.69 Å². The van der Waals surface area contributed by atoms with Gasteiger partial charge in [0.05, 0.1) is 25.8 Å². The Morgan fingerprint density at radius 2 is 2.05 bits per heavy atom. The fourth-order valence-corrected chi connectivity index (χ4v) is 2.78. The van der Waals surface area contributed by atoms with Gasteiger partial charge in [-0.05, 0) is 24.3 Å². The van der Waals surface area contributed by atoms with Gasteiger partial charge in [0.2, 0.25) is 0 Å². The second-order valence-corrected chi connectivity index (χ2v) is 5.77. The minimum atomic E-state index is -0.519. The van der Waals surface area contributed by atoms with Crippen molar-refractivity contribution in [2.75, 3.05) is 5.73 Å². The number of nitrogens with two attached hydrogens (primary N) is 1. The quantitative estimate of drug-likeness (QED) is 0.419. The topological polar surface area (TPSA) is 107 Å². The Bertz CT molecular complexity index is 909. The summed E-state index contributed by atoms with van der Waals surface area (Å²) in [6, 6.07) is 9.38. The van der Waals surface area contributed by atoms with Crippen molar-refractivity contribution >= 4 is 55.3 Å². The maximum absolute atomic E-state index is 10.6. The smallest absolute Gasteiger partial charge is 0.271 e. The molecule has 0 saturated heterocycles. The minimum absolute atomic E-state index is 0.0921. The molecule has 1 heterocycles. The molecule has 0 saturated carbocycles. The van der Waals surface area contributed by atoms with Crippen molar-refractivity contribution in [3.63, 3.8) is 0 Å². The number of aromatic nitrogens is 1. The maximum atomic E-state index is 10.6. The van der Waals surface area contributed by atoms with Gasteiger partial charge in [0, 0.05) is 12.1 Å². The highest BCUT2D eigenvalue weighted by Gasteiger charge is 2.09. The van der Waals surface area contributed by atoms with E-state index >= 15 is 0 Å². The summed E-state index contributed by atoms with van der Waals surface area (Å²) < 4.78 is 0.906. The summed E-state index contributed by atoms with van der Waals surface area (Å²) in [7, 11) is 0. The normalized spacial score (nSPS) is 11.3. The highest BCUT2D eigenvalue weighted by atomic mass is 35.5. The number of azo groups is 1. The molecule has 0 amide bonds. The van der Waals surface area contributed by atoms with Gasteiger partial charge >= 0.3 is 0 Å². The van der Waals surface area contributed by atoms with Gasteiger partial charge in [-0.15, -0.1) is 5.11 Å². The molecule has 0 bridgehead atoms. The molecular formula is C13H8ClN5O2S. The lowest BCUT2D eigenvalue weighted by Gasteiger charge is -1.97. The standard InChI is InChI=1S/C13H8ClN5O2S/c14-9-6-8(19(20)21)2-4-10(9)18-17-7-1-3-11-12(5-7)22-13(15)16-11/h1-6H,(H2,15,16). The summed E-state index contributed by atoms with van der Waals surface area (Å²) in [5.41, 5.74) is 7.33. The summed E-state index contributed by atoms with van der Waals surface area (Å²) in [5.74, 6) is 0. The number of fused-ring (bicyclic) bond motifs is 1. The summed E-state index contributed by atoms with van der Waals surface area (Å²) in [4.78, 5) is 14.3. The van der Waals surface area contributed by atoms with E-state index in [1.54, 1.807) is 12.1 Å². The van der Waals surface area contributed by atoms with Crippen LogP contribution < -0.4 is 5.73 Å². The molecular weight excluding hydrogens is 326 g/mol. The van der Waals surface area contributed by atoms with Gasteiger partial charge in [-0.1, -0.05) is 22.9 Å². The number of benzene rings is 2. The Labute approximate surface area is 133 Å². The van der Waals surface area contributed by atoms with Gasteiger partial charge in [0.25, 0.3) is 5.69 Å². The second kappa shape index (κ2) is 5.66. The number of nitrogens with zero attached hydrogens (tertiary/aromatic N) is 4. The molecule has 0 aliphatic carbocycles. The fraction of sp³-hybridized carbons (Fsp3) is 0. The lowest BCUT2D eigenvalue weighted by Crippen LogP contribution is -1.86. The van der Waals surface area contributed by atoms with Crippen molar-refractivity contribution in [1.29, 1.82) is 0 Å². The monoisotopic (exact) mass is 333 g/mol. The van der Waals surface area contributed by atoms with Crippen LogP contribution in [0.2, 0.25) is 5.02 Å². The number of nitro benzene ring substituents is 1. The molecule has 9 heteroatoms. The molecule has 110 valence electrons. The third-order valence-corrected chi connectivity index (χ3v) is 3.95. The van der Waals surface area contributed by atoms with Gasteiger partial charge in [-0.3, -0.25) is 10.1 Å². The van der Waals surface area contributed by atoms with Crippen LogP contribution in [0.25, 0.3) is 10.2 Å². The number of hydrogen-bond donors (Lipinski definition) is 1. The largest absolute Gasteiger partial charge is 0.375 e. The minimum Gasteiger partial charge on any atom is -0.375 e. The molecule has 0 radical (unpaired) electrons. The Kier molecular flexibility index (Phi) is 3.70. The van der Waals surface area contributed by atoms with Crippen LogP contribution in [0, 0.1) is 10.1 Å². The molecule has 3 rings (SSSR count). The van der Waals surface area contributed by atoms with E-state index in [9.17, 15) is 10.1 Å². The zero-order valence-electron chi connectivity index (χ0n) is 10.9. The van der Waals surface area contributed by atoms with Gasteiger partial charge < -0.3 is 5.73 Å². The first-order valence-corrected chi connectivity index (χ1v) is 7.24. The molecule has 2 aromatic carbocycles. The van der Waals surface area contributed by atoms with Crippen LogP contribution in [-0.4, -0.2) is 9.91 Å². The number of nitro groups is 1. The second-order valence-electron chi connectivity index (χ2n) is 4.30. The first-order valence-electron chi connectivity index (χ1n) is 6.05. The maximum Gasteiger partial charge on any atom is 0.271 e. The molecule has 2 N–H and O–H groups in total. The van der Waals surface area contributed by atoms with Crippen LogP contribution in [-0.2, 0) is 0 Å². The van der Waals surface area contributed by atoms with Crippen LogP contribution in [0.4, 0.5) is 22.2 Å². The highest BCUT2D eigenvalue weighted by Crippen LogP contribution is 2.32. The lowest BCUT2D eigenvalue weighted by atomic mass is 10.3. The van der Waals surface area contributed by atoms with E-state index in [2.05, 4.69) is 15.2 Å². The average molecular weight is 334 g/mol. The van der Waals surface area contributed by atoms with E-state index in [1.165, 1.54) is 29.5 Å².